The van der Waals surface area contributed by atoms with Crippen LogP contribution in [-0.2, 0) is 14.3 Å². The lowest BCUT2D eigenvalue weighted by molar-refractivity contribution is -0.140. The monoisotopic (exact) mass is 401 g/mol. The second-order valence-electron chi connectivity index (χ2n) is 5.89. The average molecular weight is 401 g/mol. The molecule has 0 heterocycles. The Morgan fingerprint density at radius 1 is 0.931 bits per heavy atom. The van der Waals surface area contributed by atoms with E-state index < -0.39 is 23.5 Å². The van der Waals surface area contributed by atoms with Crippen LogP contribution in [0.2, 0.25) is 0 Å². The molecule has 3 N–H and O–H groups in total. The molecule has 0 bridgehead atoms. The van der Waals surface area contributed by atoms with Gasteiger partial charge in [-0.3, -0.25) is 9.59 Å². The molecule has 9 nitrogen and oxygen atoms in total. The first-order valence-electron chi connectivity index (χ1n) is 8.56. The number of nitrogens with one attached hydrogen (secondary N) is 1. The summed E-state index contributed by atoms with van der Waals surface area (Å²) in [7, 11) is 1.27. The minimum Gasteiger partial charge on any atom is -0.478 e. The van der Waals surface area contributed by atoms with Crippen LogP contribution in [0, 0.1) is 0 Å². The number of benzene rings is 2. The number of methoxy groups -OCH3 is 1. The number of carboxylic acids is 2. The predicted molar refractivity (Wildman–Crippen MR) is 101 cm³/mol. The Hall–Kier alpha value is -3.88. The largest absolute Gasteiger partial charge is 0.478 e. The quantitative estimate of drug-likeness (QED) is 0.545. The number of ether oxygens (including phenoxy) is 2. The van der Waals surface area contributed by atoms with Crippen molar-refractivity contribution in [1.82, 2.24) is 0 Å². The summed E-state index contributed by atoms with van der Waals surface area (Å²) in [6, 6.07) is 10.0. The number of para-hydroxylation sites is 2. The molecular formula is C20H19NO8. The molecule has 0 atom stereocenters. The lowest BCUT2D eigenvalue weighted by Gasteiger charge is -2.13. The van der Waals surface area contributed by atoms with Crippen LogP contribution >= 0.6 is 0 Å². The van der Waals surface area contributed by atoms with E-state index in [0.717, 1.165) is 12.1 Å². The zero-order chi connectivity index (χ0) is 21.4. The van der Waals surface area contributed by atoms with E-state index in [-0.39, 0.29) is 35.8 Å². The number of hydrogen-bond acceptors (Lipinski definition) is 6. The van der Waals surface area contributed by atoms with Crippen molar-refractivity contribution in [3.05, 3.63) is 53.6 Å². The normalized spacial score (nSPS) is 10.1. The number of hydrogen-bond donors (Lipinski definition) is 3. The van der Waals surface area contributed by atoms with E-state index in [0.29, 0.717) is 12.1 Å². The van der Waals surface area contributed by atoms with E-state index in [1.54, 1.807) is 24.3 Å². The molecule has 0 aromatic heterocycles. The van der Waals surface area contributed by atoms with Crippen molar-refractivity contribution in [2.75, 3.05) is 12.4 Å². The van der Waals surface area contributed by atoms with E-state index in [4.69, 9.17) is 9.84 Å². The summed E-state index contributed by atoms with van der Waals surface area (Å²) in [4.78, 5) is 45.6. The second-order valence-corrected chi connectivity index (χ2v) is 5.89. The molecule has 0 radical (unpaired) electrons. The number of anilines is 1. The fraction of sp³-hybridized carbons (Fsp3) is 0.200. The van der Waals surface area contributed by atoms with Crippen LogP contribution in [0.5, 0.6) is 11.5 Å². The third-order valence-corrected chi connectivity index (χ3v) is 3.85. The van der Waals surface area contributed by atoms with Gasteiger partial charge >= 0.3 is 17.9 Å². The maximum absolute atomic E-state index is 12.1. The molecule has 152 valence electrons. The highest BCUT2D eigenvalue weighted by atomic mass is 16.5. The third kappa shape index (κ3) is 6.06. The van der Waals surface area contributed by atoms with Gasteiger partial charge in [-0.15, -0.1) is 0 Å². The number of carboxylic acid groups (broad SMARTS) is 2. The molecule has 2 aromatic rings. The van der Waals surface area contributed by atoms with Crippen LogP contribution in [0.1, 0.15) is 40.0 Å². The molecule has 29 heavy (non-hydrogen) atoms. The fourth-order valence-electron chi connectivity index (χ4n) is 2.44. The van der Waals surface area contributed by atoms with Crippen LogP contribution in [0.3, 0.4) is 0 Å². The van der Waals surface area contributed by atoms with Crippen molar-refractivity contribution in [2.24, 2.45) is 0 Å². The van der Waals surface area contributed by atoms with E-state index in [1.165, 1.54) is 13.2 Å². The molecule has 2 aromatic carbocycles. The van der Waals surface area contributed by atoms with E-state index >= 15 is 0 Å². The summed E-state index contributed by atoms with van der Waals surface area (Å²) < 4.78 is 10.2. The number of rotatable bonds is 9. The third-order valence-electron chi connectivity index (χ3n) is 3.85. The smallest absolute Gasteiger partial charge is 0.336 e. The Balaban J connectivity index is 2.14. The van der Waals surface area contributed by atoms with Crippen molar-refractivity contribution in [1.29, 1.82) is 0 Å². The van der Waals surface area contributed by atoms with E-state index in [2.05, 4.69) is 10.1 Å². The van der Waals surface area contributed by atoms with Gasteiger partial charge in [0.05, 0.1) is 23.9 Å². The topological polar surface area (TPSA) is 139 Å². The molecule has 0 aliphatic rings. The highest BCUT2D eigenvalue weighted by Gasteiger charge is 2.18. The average Bonchev–Trinajstić information content (AvgIpc) is 2.69. The summed E-state index contributed by atoms with van der Waals surface area (Å²) in [5.74, 6) is -3.17. The molecular weight excluding hydrogens is 382 g/mol. The summed E-state index contributed by atoms with van der Waals surface area (Å²) in [5.41, 5.74) is -0.439. The van der Waals surface area contributed by atoms with Crippen molar-refractivity contribution in [3.8, 4) is 11.5 Å². The highest BCUT2D eigenvalue weighted by molar-refractivity contribution is 6.02. The number of esters is 1. The molecule has 0 fully saturated rings. The maximum atomic E-state index is 12.1. The zero-order valence-electron chi connectivity index (χ0n) is 15.5. The standard InChI is InChI=1S/C20H19NO8/c1-28-18(23)8-4-7-17(22)21-15-5-2-3-6-16(15)29-12-9-10-13(19(24)25)14(11-12)20(26)27/h2-3,5-6,9-11H,4,7-8H2,1H3,(H,21,22)(H,24,25)(H,26,27). The number of amides is 1. The van der Waals surface area contributed by atoms with Gasteiger partial charge in [0.25, 0.3) is 0 Å². The van der Waals surface area contributed by atoms with Crippen LogP contribution in [0.15, 0.2) is 42.5 Å². The summed E-state index contributed by atoms with van der Waals surface area (Å²) in [6.07, 6.45) is 0.538. The molecule has 1 amide bonds. The predicted octanol–water partition coefficient (Wildman–Crippen LogP) is 3.16. The Bertz CT molecular complexity index is 938. The first-order chi connectivity index (χ1) is 13.8. The van der Waals surface area contributed by atoms with Crippen LogP contribution in [-0.4, -0.2) is 41.1 Å². The van der Waals surface area contributed by atoms with Crippen LogP contribution < -0.4 is 10.1 Å². The number of aromatic carboxylic acids is 2. The van der Waals surface area contributed by atoms with Gasteiger partial charge in [0.1, 0.15) is 5.75 Å². The van der Waals surface area contributed by atoms with Gasteiger partial charge < -0.3 is 25.0 Å². The summed E-state index contributed by atoms with van der Waals surface area (Å²) in [5, 5.41) is 21.0. The molecule has 0 aliphatic heterocycles. The lowest BCUT2D eigenvalue weighted by Crippen LogP contribution is -2.13. The molecule has 0 aliphatic carbocycles. The zero-order valence-corrected chi connectivity index (χ0v) is 15.5. The number of carbonyl (C=O) groups is 4. The summed E-state index contributed by atoms with van der Waals surface area (Å²) >= 11 is 0. The molecule has 2 rings (SSSR count). The lowest BCUT2D eigenvalue weighted by atomic mass is 10.1. The SMILES string of the molecule is COC(=O)CCCC(=O)Nc1ccccc1Oc1ccc(C(=O)O)c(C(=O)O)c1. The maximum Gasteiger partial charge on any atom is 0.336 e. The molecule has 0 spiro atoms. The van der Waals surface area contributed by atoms with Crippen LogP contribution in [0.4, 0.5) is 5.69 Å². The van der Waals surface area contributed by atoms with E-state index in [1.807, 2.05) is 0 Å². The first-order valence-corrected chi connectivity index (χ1v) is 8.56. The fourth-order valence-corrected chi connectivity index (χ4v) is 2.44. The van der Waals surface area contributed by atoms with Gasteiger partial charge in [-0.2, -0.15) is 0 Å². The Kier molecular flexibility index (Phi) is 7.30. The van der Waals surface area contributed by atoms with Gasteiger partial charge in [-0.25, -0.2) is 9.59 Å². The van der Waals surface area contributed by atoms with Gasteiger partial charge in [0, 0.05) is 12.8 Å². The minimum atomic E-state index is -1.40. The minimum absolute atomic E-state index is 0.0970. The van der Waals surface area contributed by atoms with Crippen molar-refractivity contribution in [2.45, 2.75) is 19.3 Å². The Morgan fingerprint density at radius 2 is 1.62 bits per heavy atom. The summed E-state index contributed by atoms with van der Waals surface area (Å²) in [6.45, 7) is 0. The van der Waals surface area contributed by atoms with Crippen molar-refractivity contribution in [3.63, 3.8) is 0 Å². The van der Waals surface area contributed by atoms with E-state index in [9.17, 15) is 24.3 Å². The van der Waals surface area contributed by atoms with Gasteiger partial charge in [0.2, 0.25) is 5.91 Å². The van der Waals surface area contributed by atoms with Gasteiger partial charge in [-0.05, 0) is 36.8 Å². The van der Waals surface area contributed by atoms with Gasteiger partial charge in [-0.1, -0.05) is 12.1 Å². The first kappa shape index (κ1) is 21.4. The molecule has 9 heteroatoms. The molecule has 0 saturated carbocycles. The van der Waals surface area contributed by atoms with Crippen LogP contribution in [0.25, 0.3) is 0 Å². The molecule has 0 unspecified atom stereocenters. The Morgan fingerprint density at radius 3 is 2.28 bits per heavy atom. The highest BCUT2D eigenvalue weighted by Crippen LogP contribution is 2.30. The Labute approximate surface area is 165 Å². The van der Waals surface area contributed by atoms with Crippen molar-refractivity contribution < 1.29 is 38.9 Å². The van der Waals surface area contributed by atoms with Crippen molar-refractivity contribution >= 4 is 29.5 Å². The second kappa shape index (κ2) is 9.88. The molecule has 0 saturated heterocycles. The van der Waals surface area contributed by atoms with Gasteiger partial charge in [0.15, 0.2) is 5.75 Å². The number of carbonyl (C=O) groups excluding carboxylic acids is 2.